The van der Waals surface area contributed by atoms with E-state index in [9.17, 15) is 4.21 Å². The minimum Gasteiger partial charge on any atom is -0.399 e. The van der Waals surface area contributed by atoms with E-state index in [1.807, 2.05) is 12.1 Å². The summed E-state index contributed by atoms with van der Waals surface area (Å²) in [5.41, 5.74) is 7.16. The van der Waals surface area contributed by atoms with Gasteiger partial charge in [0.1, 0.15) is 0 Å². The molecule has 14 heavy (non-hydrogen) atoms. The molecule has 0 amide bonds. The first-order valence-electron chi connectivity index (χ1n) is 4.12. The van der Waals surface area contributed by atoms with E-state index in [0.717, 1.165) is 5.69 Å². The predicted molar refractivity (Wildman–Crippen MR) is 58.1 cm³/mol. The summed E-state index contributed by atoms with van der Waals surface area (Å²) in [5, 5.41) is 3.06. The summed E-state index contributed by atoms with van der Waals surface area (Å²) < 4.78 is 21.0. The van der Waals surface area contributed by atoms with E-state index in [1.165, 1.54) is 0 Å². The van der Waals surface area contributed by atoms with Gasteiger partial charge in [0.25, 0.3) is 0 Å². The lowest BCUT2D eigenvalue weighted by atomic mass is 10.3. The zero-order chi connectivity index (χ0) is 10.4. The molecule has 0 radical (unpaired) electrons. The van der Waals surface area contributed by atoms with Crippen LogP contribution in [0.15, 0.2) is 24.3 Å². The maximum atomic E-state index is 10.2. The van der Waals surface area contributed by atoms with Gasteiger partial charge in [0.2, 0.25) is 11.3 Å². The third-order valence-electron chi connectivity index (χ3n) is 1.59. The Kier molecular flexibility index (Phi) is 4.37. The van der Waals surface area contributed by atoms with Crippen LogP contribution in [-0.4, -0.2) is 21.9 Å². The van der Waals surface area contributed by atoms with Crippen molar-refractivity contribution in [3.8, 4) is 0 Å². The third-order valence-corrected chi connectivity index (χ3v) is 2.04. The van der Waals surface area contributed by atoms with E-state index in [-0.39, 0.29) is 0 Å². The molecule has 0 fully saturated rings. The van der Waals surface area contributed by atoms with E-state index < -0.39 is 11.3 Å². The fourth-order valence-corrected chi connectivity index (χ4v) is 1.22. The number of rotatable bonds is 5. The summed E-state index contributed by atoms with van der Waals surface area (Å²) >= 11 is -1.94. The molecule has 0 aromatic heterocycles. The van der Waals surface area contributed by atoms with Gasteiger partial charge < -0.3 is 11.1 Å². The van der Waals surface area contributed by atoms with Crippen LogP contribution in [0.4, 0.5) is 11.4 Å². The zero-order valence-corrected chi connectivity index (χ0v) is 8.38. The van der Waals surface area contributed by atoms with Gasteiger partial charge in [0, 0.05) is 24.5 Å². The molecule has 0 aliphatic rings. The van der Waals surface area contributed by atoms with Gasteiger partial charge in [-0.2, -0.15) is 0 Å². The van der Waals surface area contributed by atoms with Crippen molar-refractivity contribution in [2.75, 3.05) is 24.1 Å². The van der Waals surface area contributed by atoms with Crippen molar-refractivity contribution < 1.29 is 8.76 Å². The lowest BCUT2D eigenvalue weighted by molar-refractivity contribution is 0.550. The summed E-state index contributed by atoms with van der Waals surface area (Å²) in [6, 6.07) is 7.29. The molecule has 0 aliphatic heterocycles. The molecule has 1 atom stereocenters. The Morgan fingerprint density at radius 1 is 1.29 bits per heavy atom. The minimum atomic E-state index is -1.94. The number of hydrogen-bond acceptors (Lipinski definition) is 3. The van der Waals surface area contributed by atoms with Crippen LogP contribution >= 0.6 is 0 Å². The molecule has 1 unspecified atom stereocenters. The Morgan fingerprint density at radius 2 is 1.93 bits per heavy atom. The lowest BCUT2D eigenvalue weighted by Gasteiger charge is -2.05. The normalized spacial score (nSPS) is 12.4. The Bertz CT molecular complexity index is 302. The molecule has 1 rings (SSSR count). The number of nitrogens with one attached hydrogen (secondary N) is 2. The van der Waals surface area contributed by atoms with Gasteiger partial charge in [-0.1, -0.05) is 0 Å². The molecule has 0 saturated heterocycles. The Morgan fingerprint density at radius 3 is 2.50 bits per heavy atom. The van der Waals surface area contributed by atoms with Crippen LogP contribution in [0.3, 0.4) is 0 Å². The van der Waals surface area contributed by atoms with Gasteiger partial charge in [-0.3, -0.25) is 4.55 Å². The minimum absolute atomic E-state index is 0.424. The van der Waals surface area contributed by atoms with Crippen LogP contribution in [0, 0.1) is 0 Å². The second kappa shape index (κ2) is 5.58. The Labute approximate surface area is 85.1 Å². The monoisotopic (exact) mass is 215 g/mol. The van der Waals surface area contributed by atoms with E-state index >= 15 is 0 Å². The first kappa shape index (κ1) is 11.0. The Balaban J connectivity index is 2.25. The molecule has 0 aliphatic carbocycles. The highest BCUT2D eigenvalue weighted by molar-refractivity contribution is 7.77. The standard InChI is InChI=1S/C8H13N3O2S/c9-7-1-3-8(4-2-7)10-5-6-11-14(12)13/h1-4,10-11H,5-6,9H2,(H,12,13). The number of hydrogen-bond donors (Lipinski definition) is 4. The molecule has 1 aromatic carbocycles. The smallest absolute Gasteiger partial charge is 0.231 e. The SMILES string of the molecule is Nc1ccc(NCCNS(=O)O)cc1. The third kappa shape index (κ3) is 4.22. The summed E-state index contributed by atoms with van der Waals surface area (Å²) in [5.74, 6) is 0. The van der Waals surface area contributed by atoms with Crippen LogP contribution < -0.4 is 15.8 Å². The molecular formula is C8H13N3O2S. The molecule has 78 valence electrons. The molecule has 5 N–H and O–H groups in total. The summed E-state index contributed by atoms with van der Waals surface area (Å²) in [6.07, 6.45) is 0. The van der Waals surface area contributed by atoms with Crippen molar-refractivity contribution in [3.63, 3.8) is 0 Å². The summed E-state index contributed by atoms with van der Waals surface area (Å²) in [6.45, 7) is 1.00. The van der Waals surface area contributed by atoms with Gasteiger partial charge in [-0.15, -0.1) is 0 Å². The maximum absolute atomic E-state index is 10.2. The van der Waals surface area contributed by atoms with Crippen molar-refractivity contribution in [1.82, 2.24) is 4.72 Å². The maximum Gasteiger partial charge on any atom is 0.231 e. The zero-order valence-electron chi connectivity index (χ0n) is 7.56. The highest BCUT2D eigenvalue weighted by Crippen LogP contribution is 2.09. The van der Waals surface area contributed by atoms with Crippen molar-refractivity contribution >= 4 is 22.6 Å². The van der Waals surface area contributed by atoms with E-state index in [2.05, 4.69) is 10.0 Å². The molecule has 0 heterocycles. The average Bonchev–Trinajstić information content (AvgIpc) is 2.15. The molecule has 1 aromatic rings. The average molecular weight is 215 g/mol. The number of benzene rings is 1. The lowest BCUT2D eigenvalue weighted by Crippen LogP contribution is -2.23. The quantitative estimate of drug-likeness (QED) is 0.325. The molecule has 6 heteroatoms. The van der Waals surface area contributed by atoms with Gasteiger partial charge in [-0.25, -0.2) is 8.93 Å². The van der Waals surface area contributed by atoms with Gasteiger partial charge in [-0.05, 0) is 24.3 Å². The molecular weight excluding hydrogens is 202 g/mol. The van der Waals surface area contributed by atoms with Gasteiger partial charge in [0.05, 0.1) is 0 Å². The van der Waals surface area contributed by atoms with Crippen LogP contribution in [0.2, 0.25) is 0 Å². The fourth-order valence-electron chi connectivity index (χ4n) is 0.946. The van der Waals surface area contributed by atoms with Crippen molar-refractivity contribution in [2.45, 2.75) is 0 Å². The van der Waals surface area contributed by atoms with Gasteiger partial charge in [0.15, 0.2) is 0 Å². The van der Waals surface area contributed by atoms with Crippen molar-refractivity contribution in [3.05, 3.63) is 24.3 Å². The van der Waals surface area contributed by atoms with Crippen LogP contribution in [-0.2, 0) is 11.3 Å². The number of nitrogens with two attached hydrogens (primary N) is 1. The molecule has 0 bridgehead atoms. The highest BCUT2D eigenvalue weighted by atomic mass is 32.2. The molecule has 0 spiro atoms. The topological polar surface area (TPSA) is 87.4 Å². The first-order valence-corrected chi connectivity index (χ1v) is 5.23. The largest absolute Gasteiger partial charge is 0.399 e. The van der Waals surface area contributed by atoms with Crippen LogP contribution in [0.1, 0.15) is 0 Å². The fraction of sp³-hybridized carbons (Fsp3) is 0.250. The van der Waals surface area contributed by atoms with Crippen molar-refractivity contribution in [1.29, 1.82) is 0 Å². The number of anilines is 2. The second-order valence-corrected chi connectivity index (χ2v) is 3.48. The van der Waals surface area contributed by atoms with E-state index in [0.29, 0.717) is 18.8 Å². The predicted octanol–water partition coefficient (Wildman–Crippen LogP) is 0.407. The molecule has 0 saturated carbocycles. The molecule has 5 nitrogen and oxygen atoms in total. The summed E-state index contributed by atoms with van der Waals surface area (Å²) in [7, 11) is 0. The van der Waals surface area contributed by atoms with Gasteiger partial charge >= 0.3 is 0 Å². The van der Waals surface area contributed by atoms with E-state index in [1.54, 1.807) is 12.1 Å². The second-order valence-electron chi connectivity index (χ2n) is 2.69. The summed E-state index contributed by atoms with van der Waals surface area (Å²) in [4.78, 5) is 0. The Hall–Kier alpha value is -1.11. The first-order chi connectivity index (χ1) is 6.68. The van der Waals surface area contributed by atoms with Crippen LogP contribution in [0.25, 0.3) is 0 Å². The number of nitrogen functional groups attached to an aromatic ring is 1. The van der Waals surface area contributed by atoms with Crippen molar-refractivity contribution in [2.24, 2.45) is 0 Å². The van der Waals surface area contributed by atoms with E-state index in [4.69, 9.17) is 10.3 Å². The van der Waals surface area contributed by atoms with Crippen LogP contribution in [0.5, 0.6) is 0 Å². The highest BCUT2D eigenvalue weighted by Gasteiger charge is 1.92.